The third-order valence-electron chi connectivity index (χ3n) is 2.75. The summed E-state index contributed by atoms with van der Waals surface area (Å²) in [4.78, 5) is 22.8. The Bertz CT molecular complexity index is 706. The second kappa shape index (κ2) is 4.77. The number of benzene rings is 1. The minimum atomic E-state index is -0.519. The zero-order chi connectivity index (χ0) is 14.3. The van der Waals surface area contributed by atoms with Gasteiger partial charge >= 0.3 is 5.97 Å². The van der Waals surface area contributed by atoms with Gasteiger partial charge in [-0.2, -0.15) is 0 Å². The van der Waals surface area contributed by atoms with E-state index in [-0.39, 0.29) is 16.1 Å². The Labute approximate surface area is 117 Å². The maximum Gasteiger partial charge on any atom is 0.308 e. The predicted octanol–water partition coefficient (Wildman–Crippen LogP) is 3.44. The standard InChI is InChI=1S/C13H11BrFNO3/c1-6-13(19-8(3)18)9-4-11(15)10(14)5-12(9)16(6)7(2)17/h4-5H,1-3H3. The first-order valence-corrected chi connectivity index (χ1v) is 6.31. The lowest BCUT2D eigenvalue weighted by molar-refractivity contribution is -0.131. The summed E-state index contributed by atoms with van der Waals surface area (Å²) >= 11 is 3.08. The van der Waals surface area contributed by atoms with Gasteiger partial charge in [-0.05, 0) is 35.0 Å². The van der Waals surface area contributed by atoms with Crippen LogP contribution in [0.4, 0.5) is 4.39 Å². The molecular formula is C13H11BrFNO3. The molecule has 0 aliphatic rings. The van der Waals surface area contributed by atoms with Gasteiger partial charge in [-0.15, -0.1) is 0 Å². The van der Waals surface area contributed by atoms with Crippen LogP contribution in [0, 0.1) is 12.7 Å². The van der Waals surface area contributed by atoms with Gasteiger partial charge in [-0.25, -0.2) is 4.39 Å². The number of halogens is 2. The van der Waals surface area contributed by atoms with E-state index >= 15 is 0 Å². The van der Waals surface area contributed by atoms with Gasteiger partial charge in [-0.3, -0.25) is 14.2 Å². The number of carbonyl (C=O) groups is 2. The second-order valence-electron chi connectivity index (χ2n) is 4.15. The molecule has 0 N–H and O–H groups in total. The average molecular weight is 328 g/mol. The molecule has 19 heavy (non-hydrogen) atoms. The third-order valence-corrected chi connectivity index (χ3v) is 3.36. The highest BCUT2D eigenvalue weighted by atomic mass is 79.9. The van der Waals surface area contributed by atoms with Crippen molar-refractivity contribution in [3.8, 4) is 5.75 Å². The highest BCUT2D eigenvalue weighted by Gasteiger charge is 2.20. The molecule has 0 unspecified atom stereocenters. The SMILES string of the molecule is CC(=O)Oc1c(C)n(C(C)=O)c2cc(Br)c(F)cc12. The first-order valence-electron chi connectivity index (χ1n) is 5.52. The zero-order valence-corrected chi connectivity index (χ0v) is 12.2. The molecule has 0 aliphatic heterocycles. The Morgan fingerprint density at radius 1 is 1.32 bits per heavy atom. The van der Waals surface area contributed by atoms with Crippen molar-refractivity contribution < 1.29 is 18.7 Å². The van der Waals surface area contributed by atoms with Gasteiger partial charge in [-0.1, -0.05) is 0 Å². The number of esters is 1. The molecular weight excluding hydrogens is 317 g/mol. The van der Waals surface area contributed by atoms with Crippen LogP contribution in [0.15, 0.2) is 16.6 Å². The quantitative estimate of drug-likeness (QED) is 0.754. The predicted molar refractivity (Wildman–Crippen MR) is 71.9 cm³/mol. The number of carbonyl (C=O) groups excluding carboxylic acids is 2. The van der Waals surface area contributed by atoms with Crippen LogP contribution in [-0.2, 0) is 4.79 Å². The van der Waals surface area contributed by atoms with Crippen molar-refractivity contribution in [3.63, 3.8) is 0 Å². The summed E-state index contributed by atoms with van der Waals surface area (Å²) in [6.45, 7) is 4.29. The van der Waals surface area contributed by atoms with Gasteiger partial charge in [0, 0.05) is 19.2 Å². The summed E-state index contributed by atoms with van der Waals surface area (Å²) in [6, 6.07) is 2.73. The molecule has 0 radical (unpaired) electrons. The van der Waals surface area contributed by atoms with Gasteiger partial charge in [0.1, 0.15) is 5.82 Å². The van der Waals surface area contributed by atoms with E-state index in [0.29, 0.717) is 16.6 Å². The van der Waals surface area contributed by atoms with Gasteiger partial charge in [0.25, 0.3) is 0 Å². The summed E-state index contributed by atoms with van der Waals surface area (Å²) in [5.74, 6) is -1.03. The van der Waals surface area contributed by atoms with Crippen molar-refractivity contribution in [2.24, 2.45) is 0 Å². The largest absolute Gasteiger partial charge is 0.424 e. The van der Waals surface area contributed by atoms with Crippen LogP contribution < -0.4 is 4.74 Å². The number of nitrogens with zero attached hydrogens (tertiary/aromatic N) is 1. The Morgan fingerprint density at radius 2 is 1.95 bits per heavy atom. The Kier molecular flexibility index (Phi) is 3.45. The number of ether oxygens (including phenoxy) is 1. The first-order chi connectivity index (χ1) is 8.82. The molecule has 0 aliphatic carbocycles. The third kappa shape index (κ3) is 2.28. The van der Waals surface area contributed by atoms with Crippen LogP contribution in [0.5, 0.6) is 5.75 Å². The molecule has 0 fully saturated rings. The van der Waals surface area contributed by atoms with Gasteiger partial charge in [0.05, 0.1) is 15.7 Å². The maximum absolute atomic E-state index is 13.6. The van der Waals surface area contributed by atoms with E-state index in [9.17, 15) is 14.0 Å². The van der Waals surface area contributed by atoms with E-state index in [1.165, 1.54) is 30.5 Å². The van der Waals surface area contributed by atoms with Crippen molar-refractivity contribution in [2.45, 2.75) is 20.8 Å². The first kappa shape index (κ1) is 13.7. The summed E-state index contributed by atoms with van der Waals surface area (Å²) in [5, 5.41) is 0.392. The van der Waals surface area contributed by atoms with Crippen LogP contribution >= 0.6 is 15.9 Å². The van der Waals surface area contributed by atoms with Gasteiger partial charge in [0.15, 0.2) is 5.75 Å². The fourth-order valence-electron chi connectivity index (χ4n) is 2.06. The van der Waals surface area contributed by atoms with Crippen LogP contribution in [0.1, 0.15) is 24.3 Å². The molecule has 1 aromatic carbocycles. The van der Waals surface area contributed by atoms with E-state index in [1.54, 1.807) is 6.92 Å². The van der Waals surface area contributed by atoms with Gasteiger partial charge < -0.3 is 4.74 Å². The fourth-order valence-corrected chi connectivity index (χ4v) is 2.39. The number of fused-ring (bicyclic) bond motifs is 1. The minimum Gasteiger partial charge on any atom is -0.424 e. The van der Waals surface area contributed by atoms with E-state index in [2.05, 4.69) is 15.9 Å². The smallest absolute Gasteiger partial charge is 0.308 e. The lowest BCUT2D eigenvalue weighted by Crippen LogP contribution is -2.08. The van der Waals surface area contributed by atoms with Crippen LogP contribution in [-0.4, -0.2) is 16.4 Å². The molecule has 0 bridgehead atoms. The van der Waals surface area contributed by atoms with Crippen LogP contribution in [0.2, 0.25) is 0 Å². The van der Waals surface area contributed by atoms with Crippen LogP contribution in [0.3, 0.4) is 0 Å². The Hall–Kier alpha value is -1.69. The maximum atomic E-state index is 13.6. The molecule has 6 heteroatoms. The lowest BCUT2D eigenvalue weighted by atomic mass is 10.2. The molecule has 0 atom stereocenters. The highest BCUT2D eigenvalue weighted by molar-refractivity contribution is 9.10. The topological polar surface area (TPSA) is 48.3 Å². The molecule has 1 heterocycles. The summed E-state index contributed by atoms with van der Waals surface area (Å²) in [6.07, 6.45) is 0. The molecule has 2 aromatic rings. The number of aromatic nitrogens is 1. The molecule has 4 nitrogen and oxygen atoms in total. The molecule has 0 saturated heterocycles. The van der Waals surface area contributed by atoms with E-state index < -0.39 is 11.8 Å². The Balaban J connectivity index is 2.88. The molecule has 2 rings (SSSR count). The van der Waals surface area contributed by atoms with E-state index in [0.717, 1.165) is 0 Å². The van der Waals surface area contributed by atoms with Crippen LogP contribution in [0.25, 0.3) is 10.9 Å². The fraction of sp³-hybridized carbons (Fsp3) is 0.231. The van der Waals surface area contributed by atoms with Crippen molar-refractivity contribution in [3.05, 3.63) is 28.1 Å². The molecule has 0 amide bonds. The molecule has 0 spiro atoms. The highest BCUT2D eigenvalue weighted by Crippen LogP contribution is 2.35. The monoisotopic (exact) mass is 327 g/mol. The minimum absolute atomic E-state index is 0.212. The number of rotatable bonds is 1. The van der Waals surface area contributed by atoms with Crippen molar-refractivity contribution in [1.29, 1.82) is 0 Å². The molecule has 0 saturated carbocycles. The van der Waals surface area contributed by atoms with Crippen molar-refractivity contribution >= 4 is 38.7 Å². The molecule has 100 valence electrons. The van der Waals surface area contributed by atoms with Gasteiger partial charge in [0.2, 0.25) is 5.91 Å². The summed E-state index contributed by atoms with van der Waals surface area (Å²) in [5.41, 5.74) is 0.963. The number of hydrogen-bond acceptors (Lipinski definition) is 3. The lowest BCUT2D eigenvalue weighted by Gasteiger charge is -2.03. The normalized spacial score (nSPS) is 10.8. The molecule has 1 aromatic heterocycles. The average Bonchev–Trinajstić information content (AvgIpc) is 2.53. The van der Waals surface area contributed by atoms with E-state index in [1.807, 2.05) is 0 Å². The zero-order valence-electron chi connectivity index (χ0n) is 10.6. The van der Waals surface area contributed by atoms with Crippen molar-refractivity contribution in [2.75, 3.05) is 0 Å². The van der Waals surface area contributed by atoms with Crippen molar-refractivity contribution in [1.82, 2.24) is 4.57 Å². The second-order valence-corrected chi connectivity index (χ2v) is 5.00. The van der Waals surface area contributed by atoms with E-state index in [4.69, 9.17) is 4.74 Å². The number of hydrogen-bond donors (Lipinski definition) is 0. The summed E-state index contributed by atoms with van der Waals surface area (Å²) in [7, 11) is 0. The Morgan fingerprint density at radius 3 is 2.47 bits per heavy atom. The summed E-state index contributed by atoms with van der Waals surface area (Å²) < 4.78 is 20.3.